The molecular formula is C42H43NO2. The average molecular weight is 594 g/mol. The van der Waals surface area contributed by atoms with Gasteiger partial charge >= 0.3 is 5.97 Å². The second-order valence-corrected chi connectivity index (χ2v) is 12.6. The van der Waals surface area contributed by atoms with Crippen molar-refractivity contribution < 1.29 is 9.90 Å². The third-order valence-electron chi connectivity index (χ3n) is 8.89. The Kier molecular flexibility index (Phi) is 9.80. The van der Waals surface area contributed by atoms with E-state index in [-0.39, 0.29) is 5.54 Å². The quantitative estimate of drug-likeness (QED) is 0.160. The molecule has 0 bridgehead atoms. The first kappa shape index (κ1) is 31.7. The summed E-state index contributed by atoms with van der Waals surface area (Å²) in [5.74, 6) is -0.906. The van der Waals surface area contributed by atoms with E-state index in [1.807, 2.05) is 30.3 Å². The third kappa shape index (κ3) is 7.68. The number of allylic oxidation sites excluding steroid dienone is 2. The van der Waals surface area contributed by atoms with Gasteiger partial charge in [0.1, 0.15) is 0 Å². The van der Waals surface area contributed by atoms with Crippen LogP contribution in [0.4, 0.5) is 0 Å². The molecule has 3 heteroatoms. The zero-order valence-electron chi connectivity index (χ0n) is 27.0. The van der Waals surface area contributed by atoms with Gasteiger partial charge < -0.3 is 10.4 Å². The molecule has 0 spiro atoms. The van der Waals surface area contributed by atoms with Crippen LogP contribution in [0.3, 0.4) is 0 Å². The molecule has 45 heavy (non-hydrogen) atoms. The fourth-order valence-corrected chi connectivity index (χ4v) is 5.72. The maximum Gasteiger partial charge on any atom is 0.336 e. The van der Waals surface area contributed by atoms with Gasteiger partial charge in [-0.25, -0.2) is 4.79 Å². The topological polar surface area (TPSA) is 49.3 Å². The van der Waals surface area contributed by atoms with Gasteiger partial charge in [-0.05, 0) is 115 Å². The number of aromatic carboxylic acids is 1. The van der Waals surface area contributed by atoms with E-state index < -0.39 is 5.97 Å². The molecular weight excluding hydrogens is 550 g/mol. The Morgan fingerprint density at radius 2 is 1.24 bits per heavy atom. The van der Waals surface area contributed by atoms with E-state index in [0.29, 0.717) is 5.56 Å². The zero-order valence-corrected chi connectivity index (χ0v) is 27.0. The Hall–Kier alpha value is -4.73. The number of nitrogens with one attached hydrogen (secondary N) is 1. The molecule has 0 aliphatic heterocycles. The number of carboxylic acid groups (broad SMARTS) is 1. The summed E-state index contributed by atoms with van der Waals surface area (Å²) in [6.45, 7) is 11.9. The summed E-state index contributed by atoms with van der Waals surface area (Å²) in [6, 6.07) is 41.7. The number of hydrogen-bond acceptors (Lipinski definition) is 2. The molecule has 3 nitrogen and oxygen atoms in total. The Balaban J connectivity index is 1.30. The Labute approximate surface area is 268 Å². The average Bonchev–Trinajstić information content (AvgIpc) is 3.07. The Morgan fingerprint density at radius 1 is 0.644 bits per heavy atom. The summed E-state index contributed by atoms with van der Waals surface area (Å²) in [6.07, 6.45) is 1.83. The maximum absolute atomic E-state index is 11.7. The van der Waals surface area contributed by atoms with Crippen LogP contribution in [0.5, 0.6) is 0 Å². The normalized spacial score (nSPS) is 11.3. The van der Waals surface area contributed by atoms with Gasteiger partial charge in [0, 0.05) is 12.1 Å². The summed E-state index contributed by atoms with van der Waals surface area (Å²) >= 11 is 0. The lowest BCUT2D eigenvalue weighted by Crippen LogP contribution is -2.36. The molecule has 0 atom stereocenters. The van der Waals surface area contributed by atoms with Crippen molar-refractivity contribution in [3.63, 3.8) is 0 Å². The lowest BCUT2D eigenvalue weighted by molar-refractivity contribution is 0.0697. The van der Waals surface area contributed by atoms with Crippen LogP contribution in [0.1, 0.15) is 72.8 Å². The Morgan fingerprint density at radius 3 is 1.91 bits per heavy atom. The van der Waals surface area contributed by atoms with Crippen molar-refractivity contribution >= 4 is 11.5 Å². The minimum Gasteiger partial charge on any atom is -0.478 e. The largest absolute Gasteiger partial charge is 0.478 e. The smallest absolute Gasteiger partial charge is 0.336 e. The van der Waals surface area contributed by atoms with Crippen LogP contribution >= 0.6 is 0 Å². The van der Waals surface area contributed by atoms with Crippen molar-refractivity contribution in [2.75, 3.05) is 0 Å². The molecule has 0 amide bonds. The molecule has 0 unspecified atom stereocenters. The molecule has 0 aliphatic rings. The van der Waals surface area contributed by atoms with E-state index in [1.165, 1.54) is 50.1 Å². The van der Waals surface area contributed by atoms with Crippen LogP contribution in [0.25, 0.3) is 27.8 Å². The highest BCUT2D eigenvalue weighted by atomic mass is 16.4. The molecule has 5 rings (SSSR count). The lowest BCUT2D eigenvalue weighted by atomic mass is 9.86. The molecule has 5 aromatic rings. The third-order valence-corrected chi connectivity index (χ3v) is 8.89. The predicted octanol–water partition coefficient (Wildman–Crippen LogP) is 10.3. The molecule has 0 radical (unpaired) electrons. The van der Waals surface area contributed by atoms with E-state index in [1.54, 1.807) is 12.1 Å². The minimum atomic E-state index is -0.906. The maximum atomic E-state index is 11.7. The predicted molar refractivity (Wildman–Crippen MR) is 188 cm³/mol. The van der Waals surface area contributed by atoms with Crippen LogP contribution < -0.4 is 5.32 Å². The van der Waals surface area contributed by atoms with Crippen molar-refractivity contribution in [2.24, 2.45) is 0 Å². The van der Waals surface area contributed by atoms with E-state index in [9.17, 15) is 9.90 Å². The molecule has 0 saturated heterocycles. The van der Waals surface area contributed by atoms with Crippen LogP contribution in [0, 0.1) is 0 Å². The molecule has 0 fully saturated rings. The van der Waals surface area contributed by atoms with Crippen molar-refractivity contribution in [2.45, 2.75) is 59.5 Å². The van der Waals surface area contributed by atoms with Gasteiger partial charge in [0.15, 0.2) is 0 Å². The Bertz CT molecular complexity index is 1790. The van der Waals surface area contributed by atoms with Crippen molar-refractivity contribution in [3.8, 4) is 22.3 Å². The summed E-state index contributed by atoms with van der Waals surface area (Å²) in [7, 11) is 0. The number of aryl methyl sites for hydroxylation is 2. The van der Waals surface area contributed by atoms with Gasteiger partial charge in [0.05, 0.1) is 5.56 Å². The van der Waals surface area contributed by atoms with E-state index >= 15 is 0 Å². The molecule has 0 saturated carbocycles. The first-order chi connectivity index (χ1) is 21.6. The molecule has 5 aromatic carbocycles. The van der Waals surface area contributed by atoms with Gasteiger partial charge in [-0.15, -0.1) is 0 Å². The second-order valence-electron chi connectivity index (χ2n) is 12.6. The van der Waals surface area contributed by atoms with E-state index in [0.717, 1.165) is 30.5 Å². The van der Waals surface area contributed by atoms with E-state index in [2.05, 4.69) is 119 Å². The summed E-state index contributed by atoms with van der Waals surface area (Å²) in [5.41, 5.74) is 13.3. The second kappa shape index (κ2) is 13.9. The highest BCUT2D eigenvalue weighted by molar-refractivity contribution is 5.96. The van der Waals surface area contributed by atoms with Gasteiger partial charge in [0.2, 0.25) is 0 Å². The van der Waals surface area contributed by atoms with Gasteiger partial charge in [-0.2, -0.15) is 0 Å². The summed E-state index contributed by atoms with van der Waals surface area (Å²) in [4.78, 5) is 11.7. The lowest BCUT2D eigenvalue weighted by Gasteiger charge is -2.29. The summed E-state index contributed by atoms with van der Waals surface area (Å²) in [5, 5.41) is 13.4. The highest BCUT2D eigenvalue weighted by Crippen LogP contribution is 2.31. The van der Waals surface area contributed by atoms with Crippen molar-refractivity contribution in [1.82, 2.24) is 5.32 Å². The molecule has 0 aromatic heterocycles. The van der Waals surface area contributed by atoms with Crippen LogP contribution in [0.15, 0.2) is 127 Å². The molecule has 2 N–H and O–H groups in total. The first-order valence-electron chi connectivity index (χ1n) is 15.7. The number of hydrogen-bond donors (Lipinski definition) is 2. The zero-order chi connectivity index (χ0) is 32.0. The van der Waals surface area contributed by atoms with Gasteiger partial charge in [-0.3, -0.25) is 0 Å². The van der Waals surface area contributed by atoms with Crippen molar-refractivity contribution in [3.05, 3.63) is 160 Å². The van der Waals surface area contributed by atoms with E-state index in [4.69, 9.17) is 0 Å². The minimum absolute atomic E-state index is 0.213. The van der Waals surface area contributed by atoms with Crippen LogP contribution in [-0.4, -0.2) is 11.1 Å². The summed E-state index contributed by atoms with van der Waals surface area (Å²) < 4.78 is 0. The van der Waals surface area contributed by atoms with Gasteiger partial charge in [0.25, 0.3) is 0 Å². The number of carbonyl (C=O) groups is 1. The monoisotopic (exact) mass is 593 g/mol. The molecule has 0 aliphatic carbocycles. The number of benzene rings is 5. The number of carboxylic acids is 1. The van der Waals surface area contributed by atoms with Crippen LogP contribution in [0.2, 0.25) is 0 Å². The SMILES string of the molecule is CC(C)=C(C)c1cc(C(C)(C)NCc2ccc(-c3ccccc3)cc2)ccc1CCc1ccc(-c2ccccc2C(=O)O)cc1. The molecule has 0 heterocycles. The standard InChI is InChI=1S/C42H43NO2/c1-29(2)30(3)40-27-37(42(4,5)43-28-32-18-20-34(21-19-32)33-11-7-6-8-12-33)26-25-36(40)24-17-31-15-22-35(23-16-31)38-13-9-10-14-39(38)41(44)45/h6-16,18-23,25-27,43H,17,24,28H2,1-5H3,(H,44,45). The number of rotatable bonds is 11. The van der Waals surface area contributed by atoms with Crippen molar-refractivity contribution in [1.29, 1.82) is 0 Å². The first-order valence-corrected chi connectivity index (χ1v) is 15.7. The fourth-order valence-electron chi connectivity index (χ4n) is 5.72. The molecule has 228 valence electrons. The van der Waals surface area contributed by atoms with Crippen LogP contribution in [-0.2, 0) is 24.9 Å². The van der Waals surface area contributed by atoms with Gasteiger partial charge in [-0.1, -0.05) is 115 Å². The highest BCUT2D eigenvalue weighted by Gasteiger charge is 2.22. The fraction of sp³-hybridized carbons (Fsp3) is 0.214.